The highest BCUT2D eigenvalue weighted by Crippen LogP contribution is 2.57. The summed E-state index contributed by atoms with van der Waals surface area (Å²) in [7, 11) is -13.2. The van der Waals surface area contributed by atoms with E-state index in [1.54, 1.807) is 24.3 Å². The molecule has 0 bridgehead atoms. The molecule has 0 aliphatic heterocycles. The lowest BCUT2D eigenvalue weighted by molar-refractivity contribution is 0.203. The molecule has 0 atom stereocenters. The second-order valence-electron chi connectivity index (χ2n) is 15.2. The number of aliphatic hydroxyl groups excluding tert-OH is 4. The number of hydrogen-bond donors (Lipinski definition) is 4. The molecule has 336 valence electrons. The highest BCUT2D eigenvalue weighted by atomic mass is 32.3. The summed E-state index contributed by atoms with van der Waals surface area (Å²) in [6.07, 6.45) is 3.41. The Bertz CT molecular complexity index is 2110. The van der Waals surface area contributed by atoms with Crippen LogP contribution in [0.15, 0.2) is 149 Å². The van der Waals surface area contributed by atoms with E-state index in [9.17, 15) is 37.3 Å². The molecule has 0 saturated carbocycles. The van der Waals surface area contributed by atoms with Crippen LogP contribution in [0.1, 0.15) is 40.7 Å². The first-order valence-electron chi connectivity index (χ1n) is 20.4. The van der Waals surface area contributed by atoms with Gasteiger partial charge in [0.2, 0.25) is 0 Å². The van der Waals surface area contributed by atoms with Gasteiger partial charge in [0.1, 0.15) is 0 Å². The second kappa shape index (κ2) is 22.9. The Morgan fingerprint density at radius 2 is 0.806 bits per heavy atom. The zero-order valence-corrected chi connectivity index (χ0v) is 38.6. The van der Waals surface area contributed by atoms with E-state index < -0.39 is 53.0 Å². The molecule has 5 aromatic carbocycles. The van der Waals surface area contributed by atoms with Crippen LogP contribution in [0.3, 0.4) is 0 Å². The molecule has 5 aromatic rings. The number of aliphatic hydroxyl groups is 4. The Morgan fingerprint density at radius 1 is 0.484 bits per heavy atom. The second-order valence-corrected chi connectivity index (χ2v) is 25.7. The van der Waals surface area contributed by atoms with Crippen molar-refractivity contribution in [2.45, 2.75) is 39.6 Å². The van der Waals surface area contributed by atoms with Crippen LogP contribution < -0.4 is 0 Å². The third kappa shape index (κ3) is 13.3. The number of sulfone groups is 2. The first kappa shape index (κ1) is 49.5. The molecule has 16 heteroatoms. The van der Waals surface area contributed by atoms with Crippen molar-refractivity contribution in [3.05, 3.63) is 167 Å². The van der Waals surface area contributed by atoms with Crippen molar-refractivity contribution >= 4 is 47.6 Å². The molecule has 0 aromatic heterocycles. The third-order valence-electron chi connectivity index (χ3n) is 10.7. The summed E-state index contributed by atoms with van der Waals surface area (Å²) in [6, 6.07) is 43.8. The van der Waals surface area contributed by atoms with Crippen LogP contribution in [0.5, 0.6) is 0 Å². The van der Waals surface area contributed by atoms with E-state index in [1.165, 1.54) is 24.3 Å². The third-order valence-corrected chi connectivity index (χ3v) is 19.5. The minimum absolute atomic E-state index is 0.138. The summed E-state index contributed by atoms with van der Waals surface area (Å²) in [4.78, 5) is 0.306. The Labute approximate surface area is 371 Å². The van der Waals surface area contributed by atoms with Gasteiger partial charge in [-0.1, -0.05) is 115 Å². The van der Waals surface area contributed by atoms with E-state index in [0.717, 1.165) is 40.3 Å². The lowest BCUT2D eigenvalue weighted by Gasteiger charge is -2.45. The minimum atomic E-state index is -3.46. The van der Waals surface area contributed by atoms with Gasteiger partial charge in [-0.05, 0) is 64.9 Å². The molecular formula is C46H59BO11S4. The summed E-state index contributed by atoms with van der Waals surface area (Å²) >= 11 is 0. The summed E-state index contributed by atoms with van der Waals surface area (Å²) in [5.41, 5.74) is 4.20. The maximum Gasteiger partial charge on any atom is 0.660 e. The molecular weight excluding hydrogens is 868 g/mol. The molecule has 0 saturated heterocycles. The van der Waals surface area contributed by atoms with Gasteiger partial charge in [0, 0.05) is 59.1 Å². The molecule has 0 spiro atoms. The summed E-state index contributed by atoms with van der Waals surface area (Å²) in [5, 5.41) is 41.9. The molecule has 0 unspecified atom stereocenters. The standard InChI is InChI=1S/C46H59BO11S4/c1-59(52,53)44-23-19-39(20-24-44)37-61(33-28-48,34-29-49)57-47(58-62(35-30-50,36-31-51)38-40-21-25-45(26-22-40)60(2,54)55)56-32-12-27-46(41-13-6-3-7-14-41,42-15-8-4-9-16-42)43-17-10-5-11-18-43/h3-11,13-26,48-51H,12,27-38H2,1-2H3. The van der Waals surface area contributed by atoms with Crippen LogP contribution in [0.2, 0.25) is 0 Å². The number of rotatable bonds is 26. The topological polar surface area (TPSA) is 177 Å². The highest BCUT2D eigenvalue weighted by Gasteiger charge is 2.41. The molecule has 0 radical (unpaired) electrons. The van der Waals surface area contributed by atoms with E-state index in [-0.39, 0.29) is 77.3 Å². The van der Waals surface area contributed by atoms with E-state index >= 15 is 0 Å². The van der Waals surface area contributed by atoms with Gasteiger partial charge in [-0.3, -0.25) is 0 Å². The van der Waals surface area contributed by atoms with Crippen LogP contribution >= 0.6 is 20.6 Å². The van der Waals surface area contributed by atoms with Crippen LogP contribution in [0.4, 0.5) is 0 Å². The fourth-order valence-electron chi connectivity index (χ4n) is 7.71. The van der Waals surface area contributed by atoms with Crippen molar-refractivity contribution in [1.82, 2.24) is 0 Å². The van der Waals surface area contributed by atoms with Gasteiger partial charge in [0.15, 0.2) is 19.7 Å². The quantitative estimate of drug-likeness (QED) is 0.0272. The van der Waals surface area contributed by atoms with E-state index in [1.807, 2.05) is 54.6 Å². The Kier molecular flexibility index (Phi) is 18.3. The smallest absolute Gasteiger partial charge is 0.395 e. The van der Waals surface area contributed by atoms with E-state index in [0.29, 0.717) is 12.8 Å². The van der Waals surface area contributed by atoms with Gasteiger partial charge in [0.05, 0.1) is 36.2 Å². The van der Waals surface area contributed by atoms with Crippen molar-refractivity contribution in [1.29, 1.82) is 0 Å². The normalized spacial score (nSPS) is 13.2. The van der Waals surface area contributed by atoms with Crippen molar-refractivity contribution < 1.29 is 50.1 Å². The average Bonchev–Trinajstić information content (AvgIpc) is 3.25. The van der Waals surface area contributed by atoms with Crippen molar-refractivity contribution in [2.24, 2.45) is 0 Å². The molecule has 0 aliphatic rings. The highest BCUT2D eigenvalue weighted by molar-refractivity contribution is 8.30. The van der Waals surface area contributed by atoms with Crippen LogP contribution in [-0.2, 0) is 49.5 Å². The molecule has 0 fully saturated rings. The predicted molar refractivity (Wildman–Crippen MR) is 252 cm³/mol. The lowest BCUT2D eigenvalue weighted by Crippen LogP contribution is -2.37. The monoisotopic (exact) mass is 926 g/mol. The summed E-state index contributed by atoms with van der Waals surface area (Å²) in [6.45, 7) is -0.985. The largest absolute Gasteiger partial charge is 0.660 e. The van der Waals surface area contributed by atoms with E-state index in [4.69, 9.17) is 12.9 Å². The van der Waals surface area contributed by atoms with Crippen molar-refractivity contribution in [3.63, 3.8) is 0 Å². The SMILES string of the molecule is CS(=O)(=O)c1ccc(CS(CCO)(CCO)OB(OCCCC(c2ccccc2)(c2ccccc2)c2ccccc2)OS(CCO)(CCO)Cc2ccc(S(C)(=O)=O)cc2)cc1. The Balaban J connectivity index is 1.54. The van der Waals surface area contributed by atoms with Gasteiger partial charge in [-0.25, -0.2) is 16.8 Å². The van der Waals surface area contributed by atoms with Crippen LogP contribution in [-0.4, -0.2) is 113 Å². The number of benzene rings is 5. The lowest BCUT2D eigenvalue weighted by atomic mass is 9.67. The molecule has 0 heterocycles. The van der Waals surface area contributed by atoms with Crippen molar-refractivity contribution in [2.75, 3.05) is 68.6 Å². The summed E-state index contributed by atoms with van der Waals surface area (Å²) in [5.74, 6) is 1.02. The van der Waals surface area contributed by atoms with E-state index in [2.05, 4.69) is 36.4 Å². The fourth-order valence-corrected chi connectivity index (χ4v) is 14.3. The molecule has 0 aliphatic carbocycles. The van der Waals surface area contributed by atoms with Gasteiger partial charge >= 0.3 is 7.32 Å². The van der Waals surface area contributed by atoms with Crippen molar-refractivity contribution in [3.8, 4) is 0 Å². The van der Waals surface area contributed by atoms with Gasteiger partial charge in [-0.15, -0.1) is 20.6 Å². The minimum Gasteiger partial charge on any atom is -0.395 e. The average molecular weight is 927 g/mol. The maximum atomic E-state index is 12.3. The first-order valence-corrected chi connectivity index (χ1v) is 28.3. The Morgan fingerprint density at radius 3 is 1.10 bits per heavy atom. The Hall–Kier alpha value is -3.52. The van der Waals surface area contributed by atoms with Crippen LogP contribution in [0, 0.1) is 0 Å². The van der Waals surface area contributed by atoms with Gasteiger partial charge in [-0.2, -0.15) is 0 Å². The number of hydrogen-bond acceptors (Lipinski definition) is 11. The first-order chi connectivity index (χ1) is 29.7. The zero-order valence-electron chi connectivity index (χ0n) is 35.3. The molecule has 5 rings (SSSR count). The van der Waals surface area contributed by atoms with Gasteiger partial charge < -0.3 is 33.3 Å². The summed E-state index contributed by atoms with van der Waals surface area (Å²) < 4.78 is 69.6. The predicted octanol–water partition coefficient (Wildman–Crippen LogP) is 6.45. The molecule has 4 N–H and O–H groups in total. The molecule has 0 amide bonds. The zero-order chi connectivity index (χ0) is 44.7. The van der Waals surface area contributed by atoms with Gasteiger partial charge in [0.25, 0.3) is 0 Å². The fraction of sp³-hybridized carbons (Fsp3) is 0.348. The molecule has 62 heavy (non-hydrogen) atoms. The maximum absolute atomic E-state index is 12.3. The molecule has 11 nitrogen and oxygen atoms in total. The van der Waals surface area contributed by atoms with Crippen LogP contribution in [0.25, 0.3) is 0 Å².